The number of carbonyl (C=O) groups excluding carboxylic acids is 5. The van der Waals surface area contributed by atoms with Crippen molar-refractivity contribution in [2.24, 2.45) is 18.4 Å². The molecule has 9 atom stereocenters. The highest BCUT2D eigenvalue weighted by Gasteiger charge is 2.87. The van der Waals surface area contributed by atoms with Gasteiger partial charge >= 0.3 is 29.8 Å². The molecular weight excluding hydrogens is 702 g/mol. The van der Waals surface area contributed by atoms with E-state index in [0.717, 1.165) is 13.8 Å². The SMILES string of the molecule is CC(=O)O[C@H]1[C@@H]2[C@@H](OC(=O)c3ccc(=O)n(C)c3)[C@@]3(OC2(C)C)[C@](C)([C@H]1OC(=O)c1ccccc1)[C@@H](OC(C)=O)[C@@H](OC(=O)c1ccccc1)C[C@]3(C)O. The monoisotopic (exact) mass is 745 g/mol. The molecule has 2 heterocycles. The van der Waals surface area contributed by atoms with E-state index >= 15 is 0 Å². The summed E-state index contributed by atoms with van der Waals surface area (Å²) >= 11 is 0. The Morgan fingerprint density at radius 1 is 0.685 bits per heavy atom. The van der Waals surface area contributed by atoms with Crippen LogP contribution in [0, 0.1) is 11.3 Å². The molecule has 1 aliphatic heterocycles. The van der Waals surface area contributed by atoms with Gasteiger partial charge in [-0.25, -0.2) is 14.4 Å². The van der Waals surface area contributed by atoms with Crippen LogP contribution in [0.4, 0.5) is 0 Å². The van der Waals surface area contributed by atoms with Gasteiger partial charge < -0.3 is 38.1 Å². The standard InChI is InChI=1S/C40H43NO13/c1-22(42)49-30-29-32(52-36(47)26-18-19-28(44)41(7)21-26)40(54-37(29,3)4)38(5,48)20-27(51-34(45)24-14-10-8-11-15-24)31(50-23(2)43)39(40,6)33(30)53-35(46)25-16-12-9-13-17-25/h8-19,21,27,29-33,48H,20H2,1-7H3/t27-,29+,30-,31-,32+,33-,38-,39-,40-/m0/s1. The number of ether oxygens (including phenoxy) is 6. The summed E-state index contributed by atoms with van der Waals surface area (Å²) in [5.74, 6) is -5.30. The molecule has 0 amide bonds. The summed E-state index contributed by atoms with van der Waals surface area (Å²) in [5.41, 5.74) is -7.74. The number of benzene rings is 2. The fourth-order valence-electron chi connectivity index (χ4n) is 8.88. The minimum absolute atomic E-state index is 0.0178. The number of fused-ring (bicyclic) bond motifs is 1. The Kier molecular flexibility index (Phi) is 9.82. The number of rotatable bonds is 8. The molecule has 0 radical (unpaired) electrons. The molecule has 14 nitrogen and oxygen atoms in total. The zero-order valence-corrected chi connectivity index (χ0v) is 31.0. The largest absolute Gasteiger partial charge is 0.458 e. The molecular formula is C40H43NO13. The van der Waals surface area contributed by atoms with Crippen molar-refractivity contribution in [3.63, 3.8) is 0 Å². The Balaban J connectivity index is 1.60. The van der Waals surface area contributed by atoms with Gasteiger partial charge in [-0.3, -0.25) is 14.4 Å². The van der Waals surface area contributed by atoms with Gasteiger partial charge in [0.1, 0.15) is 23.9 Å². The number of pyridine rings is 1. The van der Waals surface area contributed by atoms with Crippen molar-refractivity contribution in [2.75, 3.05) is 0 Å². The van der Waals surface area contributed by atoms with Gasteiger partial charge in [0, 0.05) is 39.6 Å². The predicted octanol–water partition coefficient (Wildman–Crippen LogP) is 3.56. The summed E-state index contributed by atoms with van der Waals surface area (Å²) in [6.07, 6.45) is -6.63. The van der Waals surface area contributed by atoms with E-state index in [9.17, 15) is 33.9 Å². The van der Waals surface area contributed by atoms with E-state index in [1.54, 1.807) is 50.2 Å². The van der Waals surface area contributed by atoms with Crippen molar-refractivity contribution in [1.82, 2.24) is 4.57 Å². The highest BCUT2D eigenvalue weighted by Crippen LogP contribution is 2.69. The number of aromatic nitrogens is 1. The zero-order chi connectivity index (χ0) is 39.4. The third-order valence-electron chi connectivity index (χ3n) is 11.0. The van der Waals surface area contributed by atoms with E-state index in [2.05, 4.69) is 0 Å². The molecule has 6 rings (SSSR count). The Morgan fingerprint density at radius 3 is 1.74 bits per heavy atom. The van der Waals surface area contributed by atoms with Gasteiger partial charge in [0.25, 0.3) is 0 Å². The van der Waals surface area contributed by atoms with E-state index in [-0.39, 0.29) is 22.2 Å². The average Bonchev–Trinajstić information content (AvgIpc) is 3.32. The van der Waals surface area contributed by atoms with Crippen LogP contribution in [0.5, 0.6) is 0 Å². The van der Waals surface area contributed by atoms with Gasteiger partial charge in [0.15, 0.2) is 12.2 Å². The van der Waals surface area contributed by atoms with Crippen LogP contribution < -0.4 is 5.56 Å². The molecule has 2 saturated carbocycles. The number of aliphatic hydroxyl groups is 1. The molecule has 2 aromatic carbocycles. The van der Waals surface area contributed by atoms with Gasteiger partial charge in [-0.15, -0.1) is 0 Å². The lowest BCUT2D eigenvalue weighted by Gasteiger charge is -2.65. The molecule has 54 heavy (non-hydrogen) atoms. The van der Waals surface area contributed by atoms with Crippen LogP contribution in [0.25, 0.3) is 0 Å². The van der Waals surface area contributed by atoms with Crippen LogP contribution in [0.2, 0.25) is 0 Å². The first-order valence-corrected chi connectivity index (χ1v) is 17.5. The van der Waals surface area contributed by atoms with Gasteiger partial charge in [-0.2, -0.15) is 0 Å². The van der Waals surface area contributed by atoms with E-state index in [0.29, 0.717) is 0 Å². The Labute approximate surface area is 311 Å². The minimum Gasteiger partial charge on any atom is -0.458 e. The molecule has 0 unspecified atom stereocenters. The van der Waals surface area contributed by atoms with Gasteiger partial charge in [0.05, 0.1) is 39.2 Å². The van der Waals surface area contributed by atoms with Crippen molar-refractivity contribution in [2.45, 2.75) is 95.3 Å². The van der Waals surface area contributed by atoms with Gasteiger partial charge in [-0.05, 0) is 58.0 Å². The van der Waals surface area contributed by atoms with Crippen LogP contribution >= 0.6 is 0 Å². The summed E-state index contributed by atoms with van der Waals surface area (Å²) in [5, 5.41) is 12.9. The summed E-state index contributed by atoms with van der Waals surface area (Å²) in [7, 11) is 1.46. The number of carbonyl (C=O) groups is 5. The van der Waals surface area contributed by atoms with Crippen LogP contribution in [0.3, 0.4) is 0 Å². The maximum Gasteiger partial charge on any atom is 0.340 e. The second kappa shape index (κ2) is 13.8. The molecule has 2 aliphatic carbocycles. The predicted molar refractivity (Wildman–Crippen MR) is 188 cm³/mol. The van der Waals surface area contributed by atoms with Gasteiger partial charge in [0.2, 0.25) is 5.56 Å². The molecule has 1 saturated heterocycles. The minimum atomic E-state index is -2.11. The fourth-order valence-corrected chi connectivity index (χ4v) is 8.88. The molecule has 2 bridgehead atoms. The second-order valence-corrected chi connectivity index (χ2v) is 15.0. The Morgan fingerprint density at radius 2 is 1.20 bits per heavy atom. The van der Waals surface area contributed by atoms with Crippen LogP contribution in [0.15, 0.2) is 83.8 Å². The first-order valence-electron chi connectivity index (χ1n) is 17.5. The molecule has 286 valence electrons. The summed E-state index contributed by atoms with van der Waals surface area (Å²) in [6.45, 7) is 8.50. The van der Waals surface area contributed by atoms with Crippen molar-refractivity contribution < 1.29 is 57.5 Å². The lowest BCUT2D eigenvalue weighted by atomic mass is 9.46. The van der Waals surface area contributed by atoms with Crippen molar-refractivity contribution >= 4 is 29.8 Å². The first-order chi connectivity index (χ1) is 25.3. The van der Waals surface area contributed by atoms with E-state index in [1.165, 1.54) is 68.1 Å². The summed E-state index contributed by atoms with van der Waals surface area (Å²) < 4.78 is 38.9. The van der Waals surface area contributed by atoms with Crippen LogP contribution in [-0.2, 0) is 45.1 Å². The van der Waals surface area contributed by atoms with Crippen molar-refractivity contribution in [3.05, 3.63) is 106 Å². The maximum absolute atomic E-state index is 14.1. The third kappa shape index (κ3) is 6.26. The fraction of sp³-hybridized carbons (Fsp3) is 0.450. The molecule has 3 aromatic rings. The maximum atomic E-state index is 14.1. The number of hydrogen-bond acceptors (Lipinski definition) is 13. The summed E-state index contributed by atoms with van der Waals surface area (Å²) in [4.78, 5) is 80.0. The van der Waals surface area contributed by atoms with Crippen molar-refractivity contribution in [1.29, 1.82) is 0 Å². The van der Waals surface area contributed by atoms with E-state index < -0.39 is 94.9 Å². The summed E-state index contributed by atoms with van der Waals surface area (Å²) in [6, 6.07) is 18.5. The zero-order valence-electron chi connectivity index (χ0n) is 31.0. The van der Waals surface area contributed by atoms with Crippen molar-refractivity contribution in [3.8, 4) is 0 Å². The van der Waals surface area contributed by atoms with E-state index in [4.69, 9.17) is 28.4 Å². The number of nitrogens with zero attached hydrogens (tertiary/aromatic N) is 1. The lowest BCUT2D eigenvalue weighted by Crippen LogP contribution is -2.83. The average molecular weight is 746 g/mol. The molecule has 1 N–H and O–H groups in total. The van der Waals surface area contributed by atoms with E-state index in [1.807, 2.05) is 0 Å². The smallest absolute Gasteiger partial charge is 0.340 e. The first kappa shape index (κ1) is 38.4. The molecule has 1 spiro atoms. The molecule has 3 aliphatic rings. The lowest BCUT2D eigenvalue weighted by molar-refractivity contribution is -0.349. The number of aryl methyl sites for hydroxylation is 1. The topological polar surface area (TPSA) is 183 Å². The Bertz CT molecular complexity index is 2030. The number of esters is 5. The molecule has 1 aromatic heterocycles. The normalized spacial score (nSPS) is 32.0. The van der Waals surface area contributed by atoms with Crippen LogP contribution in [-0.4, -0.2) is 86.8 Å². The second-order valence-electron chi connectivity index (χ2n) is 15.0. The highest BCUT2D eigenvalue weighted by molar-refractivity contribution is 5.91. The number of hydrogen-bond donors (Lipinski definition) is 1. The third-order valence-corrected chi connectivity index (χ3v) is 11.0. The quantitative estimate of drug-likeness (QED) is 0.261. The van der Waals surface area contributed by atoms with Gasteiger partial charge in [-0.1, -0.05) is 36.4 Å². The molecule has 14 heteroatoms. The molecule has 3 fully saturated rings. The van der Waals surface area contributed by atoms with Crippen LogP contribution in [0.1, 0.15) is 79.0 Å². The highest BCUT2D eigenvalue weighted by atomic mass is 16.6. The Hall–Kier alpha value is -5.34.